The van der Waals surface area contributed by atoms with Crippen molar-refractivity contribution in [3.63, 3.8) is 0 Å². The fourth-order valence-electron chi connectivity index (χ4n) is 2.05. The van der Waals surface area contributed by atoms with Crippen molar-refractivity contribution < 1.29 is 9.47 Å². The summed E-state index contributed by atoms with van der Waals surface area (Å²) in [4.78, 5) is 4.43. The number of rotatable bonds is 6. The van der Waals surface area contributed by atoms with Gasteiger partial charge in [0.2, 0.25) is 0 Å². The van der Waals surface area contributed by atoms with Gasteiger partial charge in [-0.25, -0.2) is 0 Å². The average Bonchev–Trinajstić information content (AvgIpc) is 2.46. The second-order valence-corrected chi connectivity index (χ2v) is 5.55. The minimum absolute atomic E-state index is 0.405. The molecule has 0 aliphatic rings. The summed E-state index contributed by atoms with van der Waals surface area (Å²) >= 11 is 3.54. The molecule has 0 aliphatic carbocycles. The molecule has 4 nitrogen and oxygen atoms in total. The van der Waals surface area contributed by atoms with Gasteiger partial charge in [0.1, 0.15) is 6.61 Å². The lowest BCUT2D eigenvalue weighted by Crippen LogP contribution is -2.06. The van der Waals surface area contributed by atoms with Gasteiger partial charge in [-0.1, -0.05) is 6.07 Å². The average molecular weight is 351 g/mol. The number of hydrogen-bond donors (Lipinski definition) is 1. The van der Waals surface area contributed by atoms with Crippen LogP contribution < -0.4 is 14.8 Å². The van der Waals surface area contributed by atoms with E-state index in [2.05, 4.69) is 26.2 Å². The maximum Gasteiger partial charge on any atom is 0.175 e. The Morgan fingerprint density at radius 1 is 1.29 bits per heavy atom. The van der Waals surface area contributed by atoms with Crippen molar-refractivity contribution in [2.45, 2.75) is 20.1 Å². The molecule has 2 aromatic rings. The number of nitrogens with zero attached hydrogens (tertiary/aromatic N) is 1. The fraction of sp³-hybridized carbons (Fsp3) is 0.312. The second kappa shape index (κ2) is 7.43. The van der Waals surface area contributed by atoms with Crippen LogP contribution in [0.4, 0.5) is 0 Å². The Morgan fingerprint density at radius 2 is 2.10 bits per heavy atom. The zero-order valence-corrected chi connectivity index (χ0v) is 14.0. The van der Waals surface area contributed by atoms with Crippen molar-refractivity contribution in [3.8, 4) is 11.5 Å². The van der Waals surface area contributed by atoms with Crippen LogP contribution in [0.25, 0.3) is 0 Å². The maximum absolute atomic E-state index is 5.88. The second-order valence-electron chi connectivity index (χ2n) is 4.70. The lowest BCUT2D eigenvalue weighted by atomic mass is 10.2. The van der Waals surface area contributed by atoms with E-state index in [1.54, 1.807) is 7.11 Å². The third kappa shape index (κ3) is 4.19. The van der Waals surface area contributed by atoms with Gasteiger partial charge < -0.3 is 14.8 Å². The third-order valence-electron chi connectivity index (χ3n) is 2.98. The monoisotopic (exact) mass is 350 g/mol. The van der Waals surface area contributed by atoms with Gasteiger partial charge in [-0.2, -0.15) is 0 Å². The number of ether oxygens (including phenoxy) is 2. The first kappa shape index (κ1) is 15.8. The fourth-order valence-corrected chi connectivity index (χ4v) is 2.65. The molecule has 1 heterocycles. The molecule has 0 radical (unpaired) electrons. The largest absolute Gasteiger partial charge is 0.493 e. The minimum Gasteiger partial charge on any atom is -0.493 e. The summed E-state index contributed by atoms with van der Waals surface area (Å²) in [6.07, 6.45) is 0. The Bertz CT molecular complexity index is 617. The molecule has 112 valence electrons. The molecule has 0 spiro atoms. The first-order valence-corrected chi connectivity index (χ1v) is 7.49. The van der Waals surface area contributed by atoms with Crippen molar-refractivity contribution in [2.75, 3.05) is 14.2 Å². The first-order valence-electron chi connectivity index (χ1n) is 6.70. The molecule has 1 aromatic carbocycles. The van der Waals surface area contributed by atoms with Crippen LogP contribution in [0.2, 0.25) is 0 Å². The molecule has 5 heteroatoms. The first-order chi connectivity index (χ1) is 10.1. The van der Waals surface area contributed by atoms with E-state index in [-0.39, 0.29) is 0 Å². The number of nitrogens with one attached hydrogen (secondary N) is 1. The predicted molar refractivity (Wildman–Crippen MR) is 86.8 cm³/mol. The number of benzene rings is 1. The van der Waals surface area contributed by atoms with E-state index in [1.807, 2.05) is 44.3 Å². The number of halogens is 1. The Morgan fingerprint density at radius 3 is 2.76 bits per heavy atom. The van der Waals surface area contributed by atoms with Crippen molar-refractivity contribution in [3.05, 3.63) is 51.8 Å². The van der Waals surface area contributed by atoms with Crippen molar-refractivity contribution in [1.82, 2.24) is 10.3 Å². The molecule has 2 rings (SSSR count). The van der Waals surface area contributed by atoms with Crippen molar-refractivity contribution in [2.24, 2.45) is 0 Å². The number of aryl methyl sites for hydroxylation is 1. The maximum atomic E-state index is 5.88. The molecule has 0 saturated heterocycles. The molecule has 0 aliphatic heterocycles. The van der Waals surface area contributed by atoms with Crippen molar-refractivity contribution >= 4 is 15.9 Å². The van der Waals surface area contributed by atoms with Crippen LogP contribution in [0, 0.1) is 6.92 Å². The normalized spacial score (nSPS) is 10.5. The highest BCUT2D eigenvalue weighted by atomic mass is 79.9. The number of methoxy groups -OCH3 is 1. The molecule has 1 N–H and O–H groups in total. The molecular formula is C16H19BrN2O2. The zero-order valence-electron chi connectivity index (χ0n) is 12.4. The zero-order chi connectivity index (χ0) is 15.2. The summed E-state index contributed by atoms with van der Waals surface area (Å²) in [5.74, 6) is 1.41. The van der Waals surface area contributed by atoms with Gasteiger partial charge in [-0.15, -0.1) is 0 Å². The lowest BCUT2D eigenvalue weighted by molar-refractivity contribution is 0.278. The highest BCUT2D eigenvalue weighted by Crippen LogP contribution is 2.37. The van der Waals surface area contributed by atoms with Gasteiger partial charge >= 0.3 is 0 Å². The van der Waals surface area contributed by atoms with Gasteiger partial charge in [0.05, 0.1) is 17.3 Å². The molecule has 0 amide bonds. The number of aromatic nitrogens is 1. The van der Waals surface area contributed by atoms with E-state index < -0.39 is 0 Å². The SMILES string of the molecule is CNCc1cc(Br)c(OCc2cccc(C)n2)c(OC)c1. The molecule has 0 saturated carbocycles. The summed E-state index contributed by atoms with van der Waals surface area (Å²) in [6.45, 7) is 3.14. The summed E-state index contributed by atoms with van der Waals surface area (Å²) in [5.41, 5.74) is 3.00. The topological polar surface area (TPSA) is 43.4 Å². The van der Waals surface area contributed by atoms with Crippen LogP contribution in [0.15, 0.2) is 34.8 Å². The van der Waals surface area contributed by atoms with Crippen LogP contribution in [0.5, 0.6) is 11.5 Å². The Hall–Kier alpha value is -1.59. The third-order valence-corrected chi connectivity index (χ3v) is 3.57. The van der Waals surface area contributed by atoms with E-state index >= 15 is 0 Å². The van der Waals surface area contributed by atoms with E-state index in [4.69, 9.17) is 9.47 Å². The Balaban J connectivity index is 2.19. The van der Waals surface area contributed by atoms with Crippen LogP contribution in [-0.2, 0) is 13.2 Å². The van der Waals surface area contributed by atoms with Crippen LogP contribution in [-0.4, -0.2) is 19.1 Å². The van der Waals surface area contributed by atoms with Crippen molar-refractivity contribution in [1.29, 1.82) is 0 Å². The standard InChI is InChI=1S/C16H19BrN2O2/c1-11-5-4-6-13(19-11)10-21-16-14(17)7-12(9-18-2)8-15(16)20-3/h4-8,18H,9-10H2,1-3H3. The van der Waals surface area contributed by atoms with E-state index in [1.165, 1.54) is 0 Å². The van der Waals surface area contributed by atoms with Gasteiger partial charge in [0, 0.05) is 12.2 Å². The summed E-state index contributed by atoms with van der Waals surface area (Å²) in [7, 11) is 3.55. The van der Waals surface area contributed by atoms with E-state index in [9.17, 15) is 0 Å². The van der Waals surface area contributed by atoms with Crippen LogP contribution in [0.3, 0.4) is 0 Å². The van der Waals surface area contributed by atoms with Crippen LogP contribution >= 0.6 is 15.9 Å². The quantitative estimate of drug-likeness (QED) is 0.866. The molecular weight excluding hydrogens is 332 g/mol. The molecule has 0 atom stereocenters. The van der Waals surface area contributed by atoms with E-state index in [0.29, 0.717) is 18.1 Å². The van der Waals surface area contributed by atoms with Gasteiger partial charge in [-0.05, 0) is 59.7 Å². The van der Waals surface area contributed by atoms with Gasteiger partial charge in [0.15, 0.2) is 11.5 Å². The molecule has 0 fully saturated rings. The Labute approximate surface area is 133 Å². The van der Waals surface area contributed by atoms with Gasteiger partial charge in [0.25, 0.3) is 0 Å². The lowest BCUT2D eigenvalue weighted by Gasteiger charge is -2.14. The highest BCUT2D eigenvalue weighted by Gasteiger charge is 2.12. The molecule has 21 heavy (non-hydrogen) atoms. The van der Waals surface area contributed by atoms with Crippen LogP contribution in [0.1, 0.15) is 17.0 Å². The van der Waals surface area contributed by atoms with E-state index in [0.717, 1.165) is 28.0 Å². The minimum atomic E-state index is 0.405. The molecule has 0 bridgehead atoms. The number of hydrogen-bond acceptors (Lipinski definition) is 4. The number of pyridine rings is 1. The summed E-state index contributed by atoms with van der Waals surface area (Å²) < 4.78 is 12.2. The summed E-state index contributed by atoms with van der Waals surface area (Å²) in [6, 6.07) is 9.89. The summed E-state index contributed by atoms with van der Waals surface area (Å²) in [5, 5.41) is 3.12. The molecule has 0 unspecified atom stereocenters. The van der Waals surface area contributed by atoms with Gasteiger partial charge in [-0.3, -0.25) is 4.98 Å². The molecule has 1 aromatic heterocycles. The smallest absolute Gasteiger partial charge is 0.175 e. The highest BCUT2D eigenvalue weighted by molar-refractivity contribution is 9.10. The Kier molecular flexibility index (Phi) is 5.59. The predicted octanol–water partition coefficient (Wildman–Crippen LogP) is 3.46.